The lowest BCUT2D eigenvalue weighted by Crippen LogP contribution is -2.40. The van der Waals surface area contributed by atoms with Crippen LogP contribution in [0.4, 0.5) is 11.4 Å². The molecule has 8 heteroatoms. The number of nitro groups is 1. The monoisotopic (exact) mass is 358 g/mol. The van der Waals surface area contributed by atoms with Crippen LogP contribution in [-0.2, 0) is 18.2 Å². The van der Waals surface area contributed by atoms with Crippen molar-refractivity contribution in [3.63, 3.8) is 0 Å². The van der Waals surface area contributed by atoms with Gasteiger partial charge in [0.05, 0.1) is 18.2 Å². The summed E-state index contributed by atoms with van der Waals surface area (Å²) in [5, 5.41) is 15.9. The van der Waals surface area contributed by atoms with Gasteiger partial charge in [-0.2, -0.15) is 5.10 Å². The van der Waals surface area contributed by atoms with E-state index in [9.17, 15) is 10.1 Å². The Morgan fingerprint density at radius 1 is 1.31 bits per heavy atom. The zero-order valence-electron chi connectivity index (χ0n) is 15.0. The molecule has 2 aliphatic rings. The van der Waals surface area contributed by atoms with Crippen LogP contribution in [0, 0.1) is 10.1 Å². The molecule has 1 aromatic carbocycles. The van der Waals surface area contributed by atoms with Gasteiger partial charge in [0.25, 0.3) is 0 Å². The Bertz CT molecular complexity index is 842. The normalized spacial score (nSPS) is 17.4. The van der Waals surface area contributed by atoms with E-state index < -0.39 is 4.92 Å². The minimum atomic E-state index is -0.390. The Morgan fingerprint density at radius 3 is 2.77 bits per heavy atom. The fourth-order valence-corrected chi connectivity index (χ4v) is 4.02. The molecule has 2 aliphatic heterocycles. The number of ether oxygens (including phenoxy) is 2. The highest BCUT2D eigenvalue weighted by atomic mass is 16.6. The molecule has 138 valence electrons. The third-order valence-corrected chi connectivity index (χ3v) is 5.38. The molecule has 0 aliphatic carbocycles. The first-order valence-electron chi connectivity index (χ1n) is 8.82. The van der Waals surface area contributed by atoms with Gasteiger partial charge in [-0.15, -0.1) is 0 Å². The number of nitrogens with zero attached hydrogens (tertiary/aromatic N) is 4. The van der Waals surface area contributed by atoms with Crippen LogP contribution in [0.15, 0.2) is 18.3 Å². The Morgan fingerprint density at radius 2 is 2.08 bits per heavy atom. The molecule has 0 N–H and O–H groups in total. The molecule has 26 heavy (non-hydrogen) atoms. The van der Waals surface area contributed by atoms with Crippen LogP contribution < -0.4 is 9.64 Å². The number of benzene rings is 1. The summed E-state index contributed by atoms with van der Waals surface area (Å²) in [5.41, 5.74) is 3.87. The topological polar surface area (TPSA) is 82.7 Å². The molecule has 0 amide bonds. The van der Waals surface area contributed by atoms with Crippen molar-refractivity contribution < 1.29 is 14.4 Å². The minimum Gasteiger partial charge on any atom is -0.490 e. The average Bonchev–Trinajstić information content (AvgIpc) is 2.94. The summed E-state index contributed by atoms with van der Waals surface area (Å²) in [6, 6.07) is 3.80. The number of anilines is 1. The summed E-state index contributed by atoms with van der Waals surface area (Å²) in [6.07, 6.45) is 4.55. The standard InChI is InChI=1S/C18H22N4O4/c1-20-15-3-6-21(12-4-7-26-8-5-12)16-10-18(25-2)17(22(23)24)9-13(16)14(15)11-19-20/h9-12H,3-8H2,1-2H3. The maximum absolute atomic E-state index is 11.5. The smallest absolute Gasteiger partial charge is 0.311 e. The summed E-state index contributed by atoms with van der Waals surface area (Å²) in [5.74, 6) is 0.290. The van der Waals surface area contributed by atoms with Crippen molar-refractivity contribution in [2.45, 2.75) is 25.3 Å². The molecule has 4 rings (SSSR count). The second kappa shape index (κ2) is 6.60. The third kappa shape index (κ3) is 2.70. The zero-order chi connectivity index (χ0) is 18.3. The van der Waals surface area contributed by atoms with Crippen LogP contribution in [0.3, 0.4) is 0 Å². The summed E-state index contributed by atoms with van der Waals surface area (Å²) < 4.78 is 12.7. The highest BCUT2D eigenvalue weighted by Crippen LogP contribution is 2.44. The lowest BCUT2D eigenvalue weighted by atomic mass is 10.0. The molecule has 3 heterocycles. The third-order valence-electron chi connectivity index (χ3n) is 5.38. The summed E-state index contributed by atoms with van der Waals surface area (Å²) in [7, 11) is 3.39. The molecule has 0 spiro atoms. The van der Waals surface area contributed by atoms with E-state index in [0.29, 0.717) is 6.04 Å². The van der Waals surface area contributed by atoms with Crippen molar-refractivity contribution in [3.8, 4) is 16.9 Å². The Kier molecular flexibility index (Phi) is 4.28. The van der Waals surface area contributed by atoms with E-state index in [0.717, 1.165) is 61.5 Å². The van der Waals surface area contributed by atoms with Crippen molar-refractivity contribution in [3.05, 3.63) is 34.1 Å². The zero-order valence-corrected chi connectivity index (χ0v) is 15.0. The van der Waals surface area contributed by atoms with Crippen molar-refractivity contribution in [1.29, 1.82) is 0 Å². The first-order valence-corrected chi connectivity index (χ1v) is 8.82. The quantitative estimate of drug-likeness (QED) is 0.619. The van der Waals surface area contributed by atoms with Crippen molar-refractivity contribution >= 4 is 11.4 Å². The molecule has 0 saturated carbocycles. The predicted octanol–water partition coefficient (Wildman–Crippen LogP) is 2.55. The van der Waals surface area contributed by atoms with Crippen molar-refractivity contribution in [2.24, 2.45) is 7.05 Å². The van der Waals surface area contributed by atoms with Gasteiger partial charge in [-0.1, -0.05) is 0 Å². The largest absolute Gasteiger partial charge is 0.490 e. The van der Waals surface area contributed by atoms with Crippen LogP contribution in [0.2, 0.25) is 0 Å². The van der Waals surface area contributed by atoms with Crippen LogP contribution in [0.25, 0.3) is 11.1 Å². The molecule has 2 aromatic rings. The van der Waals surface area contributed by atoms with Crippen LogP contribution in [0.5, 0.6) is 5.75 Å². The van der Waals surface area contributed by atoms with Gasteiger partial charge >= 0.3 is 5.69 Å². The molecule has 0 radical (unpaired) electrons. The highest BCUT2D eigenvalue weighted by Gasteiger charge is 2.31. The van der Waals surface area contributed by atoms with E-state index in [4.69, 9.17) is 9.47 Å². The van der Waals surface area contributed by atoms with Gasteiger partial charge in [0.15, 0.2) is 5.75 Å². The van der Waals surface area contributed by atoms with E-state index in [2.05, 4.69) is 10.00 Å². The average molecular weight is 358 g/mol. The van der Waals surface area contributed by atoms with Gasteiger partial charge < -0.3 is 14.4 Å². The molecule has 1 aromatic heterocycles. The Hall–Kier alpha value is -2.61. The second-order valence-corrected chi connectivity index (χ2v) is 6.71. The lowest BCUT2D eigenvalue weighted by molar-refractivity contribution is -0.385. The highest BCUT2D eigenvalue weighted by molar-refractivity contribution is 5.85. The molecule has 0 bridgehead atoms. The second-order valence-electron chi connectivity index (χ2n) is 6.71. The van der Waals surface area contributed by atoms with E-state index in [1.54, 1.807) is 12.3 Å². The van der Waals surface area contributed by atoms with E-state index in [1.165, 1.54) is 7.11 Å². The molecular formula is C18H22N4O4. The molecule has 0 unspecified atom stereocenters. The number of aryl methyl sites for hydroxylation is 1. The number of nitro benzene ring substituents is 1. The Balaban J connectivity index is 1.90. The number of aromatic nitrogens is 2. The van der Waals surface area contributed by atoms with Crippen molar-refractivity contribution in [1.82, 2.24) is 9.78 Å². The van der Waals surface area contributed by atoms with Crippen molar-refractivity contribution in [2.75, 3.05) is 31.8 Å². The van der Waals surface area contributed by atoms with Gasteiger partial charge in [0.1, 0.15) is 0 Å². The minimum absolute atomic E-state index is 0.0186. The predicted molar refractivity (Wildman–Crippen MR) is 96.7 cm³/mol. The Labute approximate surface area is 151 Å². The lowest BCUT2D eigenvalue weighted by Gasteiger charge is -2.36. The maximum atomic E-state index is 11.5. The van der Waals surface area contributed by atoms with Gasteiger partial charge in [0.2, 0.25) is 0 Å². The van der Waals surface area contributed by atoms with Crippen LogP contribution in [-0.4, -0.2) is 47.6 Å². The number of fused-ring (bicyclic) bond motifs is 3. The van der Waals surface area contributed by atoms with Gasteiger partial charge in [-0.05, 0) is 12.8 Å². The van der Waals surface area contributed by atoms with Gasteiger partial charge in [0, 0.05) is 73.9 Å². The fraction of sp³-hybridized carbons (Fsp3) is 0.500. The summed E-state index contributed by atoms with van der Waals surface area (Å²) in [6.45, 7) is 2.33. The summed E-state index contributed by atoms with van der Waals surface area (Å²) in [4.78, 5) is 13.5. The molecule has 0 atom stereocenters. The fourth-order valence-electron chi connectivity index (χ4n) is 4.02. The van der Waals surface area contributed by atoms with E-state index in [-0.39, 0.29) is 11.4 Å². The van der Waals surface area contributed by atoms with Gasteiger partial charge in [-0.3, -0.25) is 14.8 Å². The first kappa shape index (κ1) is 16.8. The number of hydrogen-bond donors (Lipinski definition) is 0. The molecule has 8 nitrogen and oxygen atoms in total. The number of methoxy groups -OCH3 is 1. The molecule has 1 fully saturated rings. The molecule has 1 saturated heterocycles. The number of hydrogen-bond acceptors (Lipinski definition) is 6. The van der Waals surface area contributed by atoms with E-state index >= 15 is 0 Å². The van der Waals surface area contributed by atoms with E-state index in [1.807, 2.05) is 17.8 Å². The van der Waals surface area contributed by atoms with Gasteiger partial charge in [-0.25, -0.2) is 0 Å². The SMILES string of the molecule is COc1cc2c(cc1[N+](=O)[O-])-c1cnn(C)c1CCN2C1CCOCC1. The van der Waals surface area contributed by atoms with Crippen LogP contribution >= 0.6 is 0 Å². The first-order chi connectivity index (χ1) is 12.6. The maximum Gasteiger partial charge on any atom is 0.311 e. The van der Waals surface area contributed by atoms with Crippen LogP contribution in [0.1, 0.15) is 18.5 Å². The summed E-state index contributed by atoms with van der Waals surface area (Å²) >= 11 is 0. The number of rotatable bonds is 3. The molecular weight excluding hydrogens is 336 g/mol.